The molecule has 0 N–H and O–H groups in total. The molecule has 2 aliphatic rings. The zero-order chi connectivity index (χ0) is 15.7. The normalized spacial score (nSPS) is 23.1. The number of nitrogens with zero attached hydrogens (tertiary/aromatic N) is 4. The van der Waals surface area contributed by atoms with Crippen molar-refractivity contribution >= 4 is 11.7 Å². The summed E-state index contributed by atoms with van der Waals surface area (Å²) < 4.78 is 0. The van der Waals surface area contributed by atoms with Crippen LogP contribution in [0.3, 0.4) is 0 Å². The van der Waals surface area contributed by atoms with Gasteiger partial charge in [0.1, 0.15) is 0 Å². The second-order valence-electron chi connectivity index (χ2n) is 7.03. The lowest BCUT2D eigenvalue weighted by atomic mass is 10.0. The molecule has 1 aliphatic heterocycles. The SMILES string of the molecule is Cc1ccc(N2CCC(=O)N(CC3CC3)[C@@H](C(C)C)C2)nn1. The Labute approximate surface area is 132 Å². The maximum absolute atomic E-state index is 12.6. The number of hydrogen-bond donors (Lipinski definition) is 0. The van der Waals surface area contributed by atoms with E-state index in [9.17, 15) is 4.79 Å². The Bertz CT molecular complexity index is 524. The van der Waals surface area contributed by atoms with Crippen molar-refractivity contribution in [3.8, 4) is 0 Å². The molecule has 0 unspecified atom stereocenters. The third kappa shape index (κ3) is 3.39. The predicted octanol–water partition coefficient (Wildman–Crippen LogP) is 2.26. The molecule has 2 fully saturated rings. The lowest BCUT2D eigenvalue weighted by Crippen LogP contribution is -2.47. The van der Waals surface area contributed by atoms with E-state index in [0.717, 1.165) is 37.1 Å². The van der Waals surface area contributed by atoms with E-state index in [1.165, 1.54) is 12.8 Å². The van der Waals surface area contributed by atoms with E-state index in [4.69, 9.17) is 0 Å². The van der Waals surface area contributed by atoms with Crippen molar-refractivity contribution in [2.75, 3.05) is 24.5 Å². The van der Waals surface area contributed by atoms with Crippen LogP contribution in [0.5, 0.6) is 0 Å². The number of anilines is 1. The molecule has 120 valence electrons. The van der Waals surface area contributed by atoms with Gasteiger partial charge in [-0.05, 0) is 43.7 Å². The topological polar surface area (TPSA) is 49.3 Å². The van der Waals surface area contributed by atoms with Crippen LogP contribution in [0.1, 0.15) is 38.8 Å². The molecule has 2 heterocycles. The second-order valence-corrected chi connectivity index (χ2v) is 7.03. The van der Waals surface area contributed by atoms with Crippen molar-refractivity contribution in [3.05, 3.63) is 17.8 Å². The van der Waals surface area contributed by atoms with Gasteiger partial charge in [0.2, 0.25) is 5.91 Å². The standard InChI is InChI=1S/C17H26N4O/c1-12(2)15-11-20(16-7-4-13(3)18-19-16)9-8-17(22)21(15)10-14-5-6-14/h4,7,12,14-15H,5-6,8-11H2,1-3H3/t15-/m1/s1. The molecule has 0 spiro atoms. The molecule has 22 heavy (non-hydrogen) atoms. The molecule has 1 aliphatic carbocycles. The van der Waals surface area contributed by atoms with Gasteiger partial charge in [0, 0.05) is 26.1 Å². The zero-order valence-corrected chi connectivity index (χ0v) is 13.8. The first-order valence-corrected chi connectivity index (χ1v) is 8.39. The number of aryl methyl sites for hydroxylation is 1. The van der Waals surface area contributed by atoms with Gasteiger partial charge in [-0.15, -0.1) is 5.10 Å². The Hall–Kier alpha value is -1.65. The fraction of sp³-hybridized carbons (Fsp3) is 0.706. The van der Waals surface area contributed by atoms with E-state index in [1.54, 1.807) is 0 Å². The Balaban J connectivity index is 1.80. The molecule has 0 bridgehead atoms. The minimum absolute atomic E-state index is 0.263. The molecule has 0 radical (unpaired) electrons. The van der Waals surface area contributed by atoms with Gasteiger partial charge in [0.05, 0.1) is 11.7 Å². The largest absolute Gasteiger partial charge is 0.353 e. The molecule has 1 amide bonds. The van der Waals surface area contributed by atoms with E-state index in [2.05, 4.69) is 33.8 Å². The predicted molar refractivity (Wildman–Crippen MR) is 86.7 cm³/mol. The van der Waals surface area contributed by atoms with Crippen LogP contribution in [0, 0.1) is 18.8 Å². The van der Waals surface area contributed by atoms with Crippen LogP contribution in [0.4, 0.5) is 5.82 Å². The van der Waals surface area contributed by atoms with Crippen LogP contribution in [-0.2, 0) is 4.79 Å². The summed E-state index contributed by atoms with van der Waals surface area (Å²) >= 11 is 0. The molecule has 5 nitrogen and oxygen atoms in total. The fourth-order valence-electron chi connectivity index (χ4n) is 3.13. The van der Waals surface area contributed by atoms with Crippen LogP contribution in [-0.4, -0.2) is 46.7 Å². The molecule has 1 aromatic rings. The van der Waals surface area contributed by atoms with E-state index in [0.29, 0.717) is 18.2 Å². The minimum atomic E-state index is 0.263. The first kappa shape index (κ1) is 15.3. The Morgan fingerprint density at radius 2 is 2.05 bits per heavy atom. The highest BCUT2D eigenvalue weighted by molar-refractivity contribution is 5.78. The lowest BCUT2D eigenvalue weighted by molar-refractivity contribution is -0.133. The summed E-state index contributed by atoms with van der Waals surface area (Å²) in [7, 11) is 0. The summed E-state index contributed by atoms with van der Waals surface area (Å²) in [6.07, 6.45) is 3.13. The van der Waals surface area contributed by atoms with E-state index >= 15 is 0 Å². The number of aromatic nitrogens is 2. The van der Waals surface area contributed by atoms with Gasteiger partial charge in [-0.2, -0.15) is 5.10 Å². The maximum Gasteiger partial charge on any atom is 0.224 e. The quantitative estimate of drug-likeness (QED) is 0.856. The Kier molecular flexibility index (Phi) is 4.32. The third-order valence-electron chi connectivity index (χ3n) is 4.75. The van der Waals surface area contributed by atoms with Crippen molar-refractivity contribution in [1.82, 2.24) is 15.1 Å². The molecular formula is C17H26N4O. The van der Waals surface area contributed by atoms with E-state index < -0.39 is 0 Å². The molecule has 5 heteroatoms. The maximum atomic E-state index is 12.6. The van der Waals surface area contributed by atoms with E-state index in [-0.39, 0.29) is 6.04 Å². The minimum Gasteiger partial charge on any atom is -0.353 e. The monoisotopic (exact) mass is 302 g/mol. The zero-order valence-electron chi connectivity index (χ0n) is 13.8. The number of rotatable bonds is 4. The summed E-state index contributed by atoms with van der Waals surface area (Å²) in [4.78, 5) is 17.0. The highest BCUT2D eigenvalue weighted by atomic mass is 16.2. The van der Waals surface area contributed by atoms with Gasteiger partial charge in [0.15, 0.2) is 5.82 Å². The Morgan fingerprint density at radius 1 is 1.27 bits per heavy atom. The van der Waals surface area contributed by atoms with Crippen LogP contribution >= 0.6 is 0 Å². The van der Waals surface area contributed by atoms with E-state index in [1.807, 2.05) is 19.1 Å². The van der Waals surface area contributed by atoms with Crippen LogP contribution in [0.15, 0.2) is 12.1 Å². The van der Waals surface area contributed by atoms with Gasteiger partial charge >= 0.3 is 0 Å². The van der Waals surface area contributed by atoms with Crippen molar-refractivity contribution < 1.29 is 4.79 Å². The van der Waals surface area contributed by atoms with Gasteiger partial charge in [-0.3, -0.25) is 4.79 Å². The van der Waals surface area contributed by atoms with Gasteiger partial charge in [-0.25, -0.2) is 0 Å². The van der Waals surface area contributed by atoms with Crippen molar-refractivity contribution in [3.63, 3.8) is 0 Å². The highest BCUT2D eigenvalue weighted by Gasteiger charge is 2.35. The fourth-order valence-corrected chi connectivity index (χ4v) is 3.13. The summed E-state index contributed by atoms with van der Waals surface area (Å²) in [5, 5.41) is 8.47. The first-order chi connectivity index (χ1) is 10.5. The van der Waals surface area contributed by atoms with Gasteiger partial charge in [-0.1, -0.05) is 13.8 Å². The number of hydrogen-bond acceptors (Lipinski definition) is 4. The molecule has 0 aromatic carbocycles. The molecule has 1 aromatic heterocycles. The second kappa shape index (κ2) is 6.23. The first-order valence-electron chi connectivity index (χ1n) is 8.39. The molecule has 3 rings (SSSR count). The number of amides is 1. The highest BCUT2D eigenvalue weighted by Crippen LogP contribution is 2.32. The lowest BCUT2D eigenvalue weighted by Gasteiger charge is -2.35. The molecule has 1 atom stereocenters. The Morgan fingerprint density at radius 3 is 2.64 bits per heavy atom. The smallest absolute Gasteiger partial charge is 0.224 e. The average molecular weight is 302 g/mol. The molecule has 1 saturated carbocycles. The molecular weight excluding hydrogens is 276 g/mol. The summed E-state index contributed by atoms with van der Waals surface area (Å²) in [6.45, 7) is 8.89. The van der Waals surface area contributed by atoms with Crippen LogP contribution in [0.2, 0.25) is 0 Å². The van der Waals surface area contributed by atoms with Gasteiger partial charge in [0.25, 0.3) is 0 Å². The summed E-state index contributed by atoms with van der Waals surface area (Å²) in [5.74, 6) is 2.36. The third-order valence-corrected chi connectivity index (χ3v) is 4.75. The molecule has 1 saturated heterocycles. The number of carbonyl (C=O) groups is 1. The number of carbonyl (C=O) groups excluding carboxylic acids is 1. The summed E-state index contributed by atoms with van der Waals surface area (Å²) in [6, 6.07) is 4.26. The van der Waals surface area contributed by atoms with Crippen LogP contribution < -0.4 is 4.90 Å². The van der Waals surface area contributed by atoms with Crippen molar-refractivity contribution in [1.29, 1.82) is 0 Å². The average Bonchev–Trinajstić information content (AvgIpc) is 3.30. The van der Waals surface area contributed by atoms with Gasteiger partial charge < -0.3 is 9.80 Å². The summed E-state index contributed by atoms with van der Waals surface area (Å²) in [5.41, 5.74) is 0.922. The van der Waals surface area contributed by atoms with Crippen LogP contribution in [0.25, 0.3) is 0 Å². The van der Waals surface area contributed by atoms with Crippen molar-refractivity contribution in [2.45, 2.75) is 46.1 Å². The van der Waals surface area contributed by atoms with Crippen molar-refractivity contribution in [2.24, 2.45) is 11.8 Å².